The largest absolute Gasteiger partial charge is 0.389 e. The molecule has 0 unspecified atom stereocenters. The monoisotopic (exact) mass is 256 g/mol. The molecule has 0 spiro atoms. The Morgan fingerprint density at radius 1 is 1.67 bits per heavy atom. The molecule has 0 atom stereocenters. The molecule has 0 saturated heterocycles. The van der Waals surface area contributed by atoms with Gasteiger partial charge < -0.3 is 15.4 Å². The number of nitrogen functional groups attached to an aromatic ring is 1. The van der Waals surface area contributed by atoms with Gasteiger partial charge in [0.2, 0.25) is 0 Å². The lowest BCUT2D eigenvalue weighted by molar-refractivity contribution is 0.0365. The van der Waals surface area contributed by atoms with Crippen molar-refractivity contribution in [2.24, 2.45) is 5.84 Å². The second kappa shape index (κ2) is 5.28. The van der Waals surface area contributed by atoms with Gasteiger partial charge in [-0.3, -0.25) is 4.79 Å². The van der Waals surface area contributed by atoms with Crippen LogP contribution in [0.25, 0.3) is 0 Å². The summed E-state index contributed by atoms with van der Waals surface area (Å²) in [6.45, 7) is 3.21. The topological polar surface area (TPSA) is 91.5 Å². The molecular weight excluding hydrogens is 239 g/mol. The summed E-state index contributed by atoms with van der Waals surface area (Å²) < 4.78 is 13.8. The van der Waals surface area contributed by atoms with Gasteiger partial charge in [0.25, 0.3) is 5.91 Å². The number of hydrogen-bond donors (Lipinski definition) is 3. The minimum Gasteiger partial charge on any atom is -0.389 e. The number of aliphatic hydroxyl groups is 1. The Kier molecular flexibility index (Phi) is 4.20. The van der Waals surface area contributed by atoms with Gasteiger partial charge in [-0.25, -0.2) is 15.2 Å². The molecule has 0 radical (unpaired) electrons. The third-order valence-corrected chi connectivity index (χ3v) is 2.23. The van der Waals surface area contributed by atoms with Crippen LogP contribution in [0.3, 0.4) is 0 Å². The Hall–Kier alpha value is -1.73. The highest BCUT2D eigenvalue weighted by molar-refractivity contribution is 5.95. The fraction of sp³-hybridized carbons (Fsp3) is 0.455. The highest BCUT2D eigenvalue weighted by Crippen LogP contribution is 2.16. The van der Waals surface area contributed by atoms with Gasteiger partial charge in [0.1, 0.15) is 0 Å². The molecule has 18 heavy (non-hydrogen) atoms. The third-order valence-electron chi connectivity index (χ3n) is 2.23. The number of amides is 1. The number of nitrogens with one attached hydrogen (secondary N) is 1. The van der Waals surface area contributed by atoms with Crippen LogP contribution in [0.4, 0.5) is 10.2 Å². The van der Waals surface area contributed by atoms with Crippen LogP contribution < -0.4 is 11.3 Å². The van der Waals surface area contributed by atoms with Crippen LogP contribution in [0.5, 0.6) is 0 Å². The van der Waals surface area contributed by atoms with Gasteiger partial charge in [-0.1, -0.05) is 0 Å². The first-order chi connectivity index (χ1) is 8.26. The van der Waals surface area contributed by atoms with Gasteiger partial charge in [-0.2, -0.15) is 0 Å². The van der Waals surface area contributed by atoms with E-state index >= 15 is 0 Å². The highest BCUT2D eigenvalue weighted by Gasteiger charge is 2.23. The molecule has 100 valence electrons. The van der Waals surface area contributed by atoms with Gasteiger partial charge in [-0.05, 0) is 19.9 Å². The number of carbonyl (C=O) groups excluding carboxylic acids is 1. The van der Waals surface area contributed by atoms with E-state index in [4.69, 9.17) is 5.84 Å². The maximum atomic E-state index is 13.8. The molecule has 0 aliphatic heterocycles. The van der Waals surface area contributed by atoms with Crippen molar-refractivity contribution in [1.82, 2.24) is 9.88 Å². The van der Waals surface area contributed by atoms with Gasteiger partial charge in [0.05, 0.1) is 11.2 Å². The predicted octanol–water partition coefficient (Wildman–Crippen LogP) is 0.349. The molecule has 0 bridgehead atoms. The second-order valence-corrected chi connectivity index (χ2v) is 4.64. The molecule has 6 nitrogen and oxygen atoms in total. The standard InChI is InChI=1S/C11H17FN4O2/c1-11(2,18)6-16(3)10(17)7-4-5-14-9(15-13)8(7)12/h4-5,18H,6,13H2,1-3H3,(H,14,15). The molecule has 4 N–H and O–H groups in total. The summed E-state index contributed by atoms with van der Waals surface area (Å²) in [4.78, 5) is 16.9. The molecule has 1 heterocycles. The quantitative estimate of drug-likeness (QED) is 0.534. The van der Waals surface area contributed by atoms with Crippen molar-refractivity contribution in [1.29, 1.82) is 0 Å². The van der Waals surface area contributed by atoms with E-state index in [0.717, 1.165) is 0 Å². The fourth-order valence-electron chi connectivity index (χ4n) is 1.57. The molecule has 1 rings (SSSR count). The van der Waals surface area contributed by atoms with E-state index in [1.54, 1.807) is 13.8 Å². The molecular formula is C11H17FN4O2. The number of anilines is 1. The van der Waals surface area contributed by atoms with E-state index in [1.165, 1.54) is 24.2 Å². The molecule has 1 aromatic heterocycles. The number of hydrazine groups is 1. The van der Waals surface area contributed by atoms with Crippen molar-refractivity contribution in [3.8, 4) is 0 Å². The number of nitrogens with zero attached hydrogens (tertiary/aromatic N) is 2. The number of aromatic nitrogens is 1. The average molecular weight is 256 g/mol. The molecule has 0 saturated carbocycles. The van der Waals surface area contributed by atoms with Gasteiger partial charge >= 0.3 is 0 Å². The first-order valence-corrected chi connectivity index (χ1v) is 5.35. The van der Waals surface area contributed by atoms with Gasteiger partial charge in [0, 0.05) is 19.8 Å². The maximum absolute atomic E-state index is 13.8. The van der Waals surface area contributed by atoms with Crippen LogP contribution in [0.15, 0.2) is 12.3 Å². The smallest absolute Gasteiger partial charge is 0.256 e. The number of halogens is 1. The lowest BCUT2D eigenvalue weighted by atomic mass is 10.1. The van der Waals surface area contributed by atoms with E-state index < -0.39 is 17.3 Å². The SMILES string of the molecule is CN(CC(C)(C)O)C(=O)c1ccnc(NN)c1F. The summed E-state index contributed by atoms with van der Waals surface area (Å²) >= 11 is 0. The van der Waals surface area contributed by atoms with Crippen molar-refractivity contribution >= 4 is 11.7 Å². The molecule has 0 aliphatic rings. The van der Waals surface area contributed by atoms with Crippen LogP contribution in [-0.2, 0) is 0 Å². The van der Waals surface area contributed by atoms with Crippen molar-refractivity contribution in [3.05, 3.63) is 23.6 Å². The zero-order valence-corrected chi connectivity index (χ0v) is 10.6. The van der Waals surface area contributed by atoms with Crippen LogP contribution in [0.2, 0.25) is 0 Å². The fourth-order valence-corrected chi connectivity index (χ4v) is 1.57. The lowest BCUT2D eigenvalue weighted by Crippen LogP contribution is -2.40. The Bertz CT molecular complexity index is 445. The van der Waals surface area contributed by atoms with Gasteiger partial charge in [-0.15, -0.1) is 0 Å². The number of hydrogen-bond acceptors (Lipinski definition) is 5. The molecule has 0 aromatic carbocycles. The number of rotatable bonds is 4. The van der Waals surface area contributed by atoms with E-state index in [-0.39, 0.29) is 17.9 Å². The Balaban J connectivity index is 2.97. The number of pyridine rings is 1. The van der Waals surface area contributed by atoms with Crippen molar-refractivity contribution in [3.63, 3.8) is 0 Å². The first kappa shape index (κ1) is 14.3. The Morgan fingerprint density at radius 3 is 2.78 bits per heavy atom. The van der Waals surface area contributed by atoms with E-state index in [9.17, 15) is 14.3 Å². The van der Waals surface area contributed by atoms with E-state index in [2.05, 4.69) is 10.4 Å². The minimum absolute atomic E-state index is 0.0823. The molecule has 1 amide bonds. The number of likely N-dealkylation sites (N-methyl/N-ethyl adjacent to an activating group) is 1. The summed E-state index contributed by atoms with van der Waals surface area (Å²) in [5, 5.41) is 9.62. The third kappa shape index (κ3) is 3.38. The molecule has 1 aromatic rings. The van der Waals surface area contributed by atoms with Crippen LogP contribution in [-0.4, -0.2) is 40.1 Å². The summed E-state index contributed by atoms with van der Waals surface area (Å²) in [5.41, 5.74) is 0.870. The van der Waals surface area contributed by atoms with Crippen LogP contribution >= 0.6 is 0 Å². The first-order valence-electron chi connectivity index (χ1n) is 5.35. The highest BCUT2D eigenvalue weighted by atomic mass is 19.1. The van der Waals surface area contributed by atoms with Crippen LogP contribution in [0.1, 0.15) is 24.2 Å². The molecule has 0 fully saturated rings. The summed E-state index contributed by atoms with van der Waals surface area (Å²) in [7, 11) is 1.48. The minimum atomic E-state index is -1.05. The van der Waals surface area contributed by atoms with E-state index in [1.807, 2.05) is 0 Å². The maximum Gasteiger partial charge on any atom is 0.256 e. The number of carbonyl (C=O) groups is 1. The normalized spacial score (nSPS) is 11.2. The number of nitrogens with two attached hydrogens (primary N) is 1. The lowest BCUT2D eigenvalue weighted by Gasteiger charge is -2.25. The average Bonchev–Trinajstić information content (AvgIpc) is 2.26. The van der Waals surface area contributed by atoms with E-state index in [0.29, 0.717) is 0 Å². The van der Waals surface area contributed by atoms with Crippen molar-refractivity contribution < 1.29 is 14.3 Å². The van der Waals surface area contributed by atoms with Crippen molar-refractivity contribution in [2.45, 2.75) is 19.4 Å². The summed E-state index contributed by atoms with van der Waals surface area (Å²) in [5.74, 6) is 3.52. The van der Waals surface area contributed by atoms with Crippen LogP contribution in [0, 0.1) is 5.82 Å². The molecule has 7 heteroatoms. The summed E-state index contributed by atoms with van der Waals surface area (Å²) in [6.07, 6.45) is 1.28. The Labute approximate surface area is 105 Å². The zero-order valence-electron chi connectivity index (χ0n) is 10.6. The zero-order chi connectivity index (χ0) is 13.9. The summed E-state index contributed by atoms with van der Waals surface area (Å²) in [6, 6.07) is 1.26. The second-order valence-electron chi connectivity index (χ2n) is 4.64. The van der Waals surface area contributed by atoms with Crippen molar-refractivity contribution in [2.75, 3.05) is 19.0 Å². The molecule has 0 aliphatic carbocycles. The Morgan fingerprint density at radius 2 is 2.28 bits per heavy atom. The van der Waals surface area contributed by atoms with Gasteiger partial charge in [0.15, 0.2) is 11.6 Å². The predicted molar refractivity (Wildman–Crippen MR) is 65.3 cm³/mol.